The van der Waals surface area contributed by atoms with Gasteiger partial charge in [0.05, 0.1) is 12.8 Å². The first-order valence-corrected chi connectivity index (χ1v) is 7.07. The first-order chi connectivity index (χ1) is 10.1. The zero-order valence-electron chi connectivity index (χ0n) is 12.8. The van der Waals surface area contributed by atoms with Crippen molar-refractivity contribution in [3.05, 3.63) is 18.2 Å². The third-order valence-corrected chi connectivity index (χ3v) is 3.49. The van der Waals surface area contributed by atoms with E-state index in [0.29, 0.717) is 17.1 Å². The normalized spacial score (nSPS) is 14.6. The van der Waals surface area contributed by atoms with Gasteiger partial charge in [0.2, 0.25) is 11.8 Å². The summed E-state index contributed by atoms with van der Waals surface area (Å²) in [7, 11) is 1.54. The van der Waals surface area contributed by atoms with E-state index in [1.807, 2.05) is 0 Å². The van der Waals surface area contributed by atoms with Crippen LogP contribution in [-0.2, 0) is 9.59 Å². The van der Waals surface area contributed by atoms with E-state index in [-0.39, 0.29) is 30.1 Å². The second kappa shape index (κ2) is 8.60. The predicted octanol–water partition coefficient (Wildman–Crippen LogP) is 2.01. The number of methoxy groups -OCH3 is 1. The summed E-state index contributed by atoms with van der Waals surface area (Å²) in [5, 5.41) is 8.83. The number of amides is 2. The van der Waals surface area contributed by atoms with Crippen LogP contribution < -0.4 is 20.7 Å². The molecule has 22 heavy (non-hydrogen) atoms. The molecule has 0 bridgehead atoms. The molecule has 3 N–H and O–H groups in total. The van der Waals surface area contributed by atoms with Crippen molar-refractivity contribution in [1.29, 1.82) is 0 Å². The molecule has 0 aliphatic carbocycles. The average Bonchev–Trinajstić information content (AvgIpc) is 2.48. The van der Waals surface area contributed by atoms with E-state index in [1.165, 1.54) is 14.0 Å². The Morgan fingerprint density at radius 3 is 2.50 bits per heavy atom. The van der Waals surface area contributed by atoms with Crippen molar-refractivity contribution in [2.45, 2.75) is 19.8 Å². The van der Waals surface area contributed by atoms with E-state index in [4.69, 9.17) is 4.74 Å². The van der Waals surface area contributed by atoms with Crippen LogP contribution in [0.25, 0.3) is 0 Å². The van der Waals surface area contributed by atoms with E-state index in [0.717, 1.165) is 25.9 Å². The Kier molecular flexibility index (Phi) is 7.14. The molecule has 7 heteroatoms. The van der Waals surface area contributed by atoms with Crippen LogP contribution in [-0.4, -0.2) is 32.0 Å². The summed E-state index contributed by atoms with van der Waals surface area (Å²) in [5.74, 6) is 0.438. The van der Waals surface area contributed by atoms with E-state index < -0.39 is 0 Å². The maximum atomic E-state index is 12.2. The Morgan fingerprint density at radius 1 is 1.23 bits per heavy atom. The van der Waals surface area contributed by atoms with Gasteiger partial charge in [-0.05, 0) is 44.1 Å². The number of carbonyl (C=O) groups excluding carboxylic acids is 2. The number of piperidine rings is 1. The molecule has 0 radical (unpaired) electrons. The van der Waals surface area contributed by atoms with Gasteiger partial charge in [0.25, 0.3) is 0 Å². The first kappa shape index (κ1) is 18.3. The molecule has 1 heterocycles. The van der Waals surface area contributed by atoms with Crippen LogP contribution in [0.5, 0.6) is 5.75 Å². The molecule has 1 aromatic carbocycles. The number of rotatable bonds is 4. The van der Waals surface area contributed by atoms with Gasteiger partial charge in [-0.2, -0.15) is 0 Å². The zero-order chi connectivity index (χ0) is 15.2. The number of benzene rings is 1. The molecule has 6 nitrogen and oxygen atoms in total. The van der Waals surface area contributed by atoms with Crippen molar-refractivity contribution in [3.63, 3.8) is 0 Å². The number of halogens is 1. The lowest BCUT2D eigenvalue weighted by atomic mass is 9.97. The van der Waals surface area contributed by atoms with Crippen molar-refractivity contribution in [3.8, 4) is 5.75 Å². The minimum atomic E-state index is -0.185. The Hall–Kier alpha value is -1.79. The maximum Gasteiger partial charge on any atom is 0.227 e. The van der Waals surface area contributed by atoms with Crippen LogP contribution in [0.15, 0.2) is 18.2 Å². The Labute approximate surface area is 136 Å². The van der Waals surface area contributed by atoms with E-state index >= 15 is 0 Å². The number of hydrogen-bond donors (Lipinski definition) is 3. The third-order valence-electron chi connectivity index (χ3n) is 3.49. The van der Waals surface area contributed by atoms with Crippen molar-refractivity contribution >= 4 is 35.6 Å². The van der Waals surface area contributed by atoms with Gasteiger partial charge in [-0.15, -0.1) is 12.4 Å². The van der Waals surface area contributed by atoms with Gasteiger partial charge in [0.1, 0.15) is 5.75 Å². The van der Waals surface area contributed by atoms with Crippen molar-refractivity contribution in [1.82, 2.24) is 5.32 Å². The number of ether oxygens (including phenoxy) is 1. The van der Waals surface area contributed by atoms with Gasteiger partial charge in [-0.25, -0.2) is 0 Å². The lowest BCUT2D eigenvalue weighted by molar-refractivity contribution is -0.120. The van der Waals surface area contributed by atoms with Gasteiger partial charge in [0, 0.05) is 18.5 Å². The highest BCUT2D eigenvalue weighted by Crippen LogP contribution is 2.28. The van der Waals surface area contributed by atoms with Crippen LogP contribution in [0.4, 0.5) is 11.4 Å². The van der Waals surface area contributed by atoms with E-state index in [1.54, 1.807) is 18.2 Å². The van der Waals surface area contributed by atoms with E-state index in [2.05, 4.69) is 16.0 Å². The molecular weight excluding hydrogens is 306 g/mol. The zero-order valence-corrected chi connectivity index (χ0v) is 13.6. The van der Waals surface area contributed by atoms with Crippen LogP contribution in [0.2, 0.25) is 0 Å². The minimum Gasteiger partial charge on any atom is -0.495 e. The summed E-state index contributed by atoms with van der Waals surface area (Å²) in [6, 6.07) is 5.20. The Balaban J connectivity index is 0.00000242. The molecule has 2 amide bonds. The molecule has 1 aliphatic heterocycles. The summed E-state index contributed by atoms with van der Waals surface area (Å²) in [4.78, 5) is 23.4. The lowest BCUT2D eigenvalue weighted by Crippen LogP contribution is -2.34. The van der Waals surface area contributed by atoms with Crippen LogP contribution in [0, 0.1) is 5.92 Å². The first-order valence-electron chi connectivity index (χ1n) is 7.07. The molecule has 0 unspecified atom stereocenters. The number of hydrogen-bond acceptors (Lipinski definition) is 4. The van der Waals surface area contributed by atoms with Crippen molar-refractivity contribution < 1.29 is 14.3 Å². The molecule has 1 aliphatic rings. The summed E-state index contributed by atoms with van der Waals surface area (Å²) in [6.07, 6.45) is 1.70. The largest absolute Gasteiger partial charge is 0.495 e. The summed E-state index contributed by atoms with van der Waals surface area (Å²) < 4.78 is 5.19. The van der Waals surface area contributed by atoms with Gasteiger partial charge in [-0.3, -0.25) is 9.59 Å². The maximum absolute atomic E-state index is 12.2. The molecule has 2 rings (SSSR count). The number of nitrogens with one attached hydrogen (secondary N) is 3. The van der Waals surface area contributed by atoms with Crippen molar-refractivity contribution in [2.75, 3.05) is 30.8 Å². The van der Waals surface area contributed by atoms with Crippen molar-refractivity contribution in [2.24, 2.45) is 5.92 Å². The highest BCUT2D eigenvalue weighted by atomic mass is 35.5. The average molecular weight is 328 g/mol. The molecular formula is C15H22ClN3O3. The second-order valence-electron chi connectivity index (χ2n) is 5.11. The molecule has 1 fully saturated rings. The molecule has 0 saturated carbocycles. The Morgan fingerprint density at radius 2 is 1.91 bits per heavy atom. The monoisotopic (exact) mass is 327 g/mol. The van der Waals surface area contributed by atoms with Crippen LogP contribution in [0.1, 0.15) is 19.8 Å². The summed E-state index contributed by atoms with van der Waals surface area (Å²) in [6.45, 7) is 3.18. The lowest BCUT2D eigenvalue weighted by Gasteiger charge is -2.22. The quantitative estimate of drug-likeness (QED) is 0.790. The SMILES string of the molecule is COc1ccc(NC(=O)C2CCNCC2)cc1NC(C)=O.Cl. The highest BCUT2D eigenvalue weighted by Gasteiger charge is 2.21. The van der Waals surface area contributed by atoms with E-state index in [9.17, 15) is 9.59 Å². The fourth-order valence-electron chi connectivity index (χ4n) is 2.40. The van der Waals surface area contributed by atoms with Crippen LogP contribution in [0.3, 0.4) is 0 Å². The summed E-state index contributed by atoms with van der Waals surface area (Å²) in [5.41, 5.74) is 1.20. The van der Waals surface area contributed by atoms with Gasteiger partial charge in [0.15, 0.2) is 0 Å². The van der Waals surface area contributed by atoms with Gasteiger partial charge in [-0.1, -0.05) is 0 Å². The molecule has 0 aromatic heterocycles. The molecule has 0 spiro atoms. The topological polar surface area (TPSA) is 79.5 Å². The van der Waals surface area contributed by atoms with Crippen LogP contribution >= 0.6 is 12.4 Å². The molecule has 1 aromatic rings. The minimum absolute atomic E-state index is 0. The van der Waals surface area contributed by atoms with Gasteiger partial charge < -0.3 is 20.7 Å². The number of carbonyl (C=O) groups is 2. The Bertz CT molecular complexity index is 531. The predicted molar refractivity (Wildman–Crippen MR) is 88.8 cm³/mol. The summed E-state index contributed by atoms with van der Waals surface area (Å²) >= 11 is 0. The molecule has 0 atom stereocenters. The van der Waals surface area contributed by atoms with Gasteiger partial charge >= 0.3 is 0 Å². The highest BCUT2D eigenvalue weighted by molar-refractivity contribution is 5.95. The molecule has 1 saturated heterocycles. The fourth-order valence-corrected chi connectivity index (χ4v) is 2.40. The second-order valence-corrected chi connectivity index (χ2v) is 5.11. The smallest absolute Gasteiger partial charge is 0.227 e. The third kappa shape index (κ3) is 4.89. The fraction of sp³-hybridized carbons (Fsp3) is 0.467. The molecule has 122 valence electrons. The number of anilines is 2. The standard InChI is InChI=1S/C15H21N3O3.ClH/c1-10(19)17-13-9-12(3-4-14(13)21-2)18-15(20)11-5-7-16-8-6-11;/h3-4,9,11,16H,5-8H2,1-2H3,(H,17,19)(H,18,20);1H.